The summed E-state index contributed by atoms with van der Waals surface area (Å²) in [6.45, 7) is 9.30. The van der Waals surface area contributed by atoms with Crippen molar-refractivity contribution in [2.24, 2.45) is 0 Å². The zero-order valence-electron chi connectivity index (χ0n) is 12.4. The number of ether oxygens (including phenoxy) is 3. The van der Waals surface area contributed by atoms with Gasteiger partial charge in [-0.3, -0.25) is 0 Å². The standard InChI is InChI=1S/C14H31NO3/c1-4-8-15-14(2)7-5-9-17-10-6-11-18-13-12-16-3/h14-15H,4-13H2,1-3H3. The summed E-state index contributed by atoms with van der Waals surface area (Å²) in [6, 6.07) is 0.603. The van der Waals surface area contributed by atoms with Gasteiger partial charge in [-0.05, 0) is 39.2 Å². The first-order chi connectivity index (χ1) is 8.81. The molecule has 110 valence electrons. The van der Waals surface area contributed by atoms with Crippen LogP contribution in [0.2, 0.25) is 0 Å². The maximum absolute atomic E-state index is 5.56. The minimum Gasteiger partial charge on any atom is -0.382 e. The lowest BCUT2D eigenvalue weighted by Gasteiger charge is -2.12. The molecule has 0 aromatic heterocycles. The Balaban J connectivity index is 3.02. The molecule has 18 heavy (non-hydrogen) atoms. The van der Waals surface area contributed by atoms with Gasteiger partial charge < -0.3 is 19.5 Å². The fraction of sp³-hybridized carbons (Fsp3) is 1.00. The molecule has 0 rings (SSSR count). The van der Waals surface area contributed by atoms with E-state index in [2.05, 4.69) is 19.2 Å². The number of hydrogen-bond acceptors (Lipinski definition) is 4. The third kappa shape index (κ3) is 13.9. The molecule has 0 saturated carbocycles. The molecule has 0 bridgehead atoms. The molecule has 4 nitrogen and oxygen atoms in total. The van der Waals surface area contributed by atoms with Gasteiger partial charge in [0.2, 0.25) is 0 Å². The van der Waals surface area contributed by atoms with Gasteiger partial charge in [-0.25, -0.2) is 0 Å². The summed E-state index contributed by atoms with van der Waals surface area (Å²) >= 11 is 0. The van der Waals surface area contributed by atoms with Gasteiger partial charge in [0.05, 0.1) is 13.2 Å². The van der Waals surface area contributed by atoms with Crippen LogP contribution in [0.5, 0.6) is 0 Å². The minimum atomic E-state index is 0.603. The minimum absolute atomic E-state index is 0.603. The monoisotopic (exact) mass is 261 g/mol. The molecule has 4 heteroatoms. The molecule has 1 unspecified atom stereocenters. The predicted molar refractivity (Wildman–Crippen MR) is 75.1 cm³/mol. The fourth-order valence-corrected chi connectivity index (χ4v) is 1.59. The van der Waals surface area contributed by atoms with Gasteiger partial charge in [0.1, 0.15) is 0 Å². The highest BCUT2D eigenvalue weighted by Gasteiger charge is 1.99. The number of hydrogen-bond donors (Lipinski definition) is 1. The van der Waals surface area contributed by atoms with Crippen LogP contribution in [0.25, 0.3) is 0 Å². The van der Waals surface area contributed by atoms with Crippen LogP contribution in [0.4, 0.5) is 0 Å². The first-order valence-electron chi connectivity index (χ1n) is 7.19. The van der Waals surface area contributed by atoms with Gasteiger partial charge in [-0.15, -0.1) is 0 Å². The highest BCUT2D eigenvalue weighted by Crippen LogP contribution is 1.97. The second-order valence-corrected chi connectivity index (χ2v) is 4.57. The Morgan fingerprint density at radius 3 is 2.28 bits per heavy atom. The summed E-state index contributed by atoms with van der Waals surface area (Å²) in [7, 11) is 1.68. The van der Waals surface area contributed by atoms with Crippen molar-refractivity contribution >= 4 is 0 Å². The molecule has 0 aromatic carbocycles. The van der Waals surface area contributed by atoms with E-state index < -0.39 is 0 Å². The lowest BCUT2D eigenvalue weighted by molar-refractivity contribution is 0.0506. The second-order valence-electron chi connectivity index (χ2n) is 4.57. The zero-order valence-corrected chi connectivity index (χ0v) is 12.4. The van der Waals surface area contributed by atoms with E-state index in [9.17, 15) is 0 Å². The van der Waals surface area contributed by atoms with Crippen LogP contribution < -0.4 is 5.32 Å². The molecule has 0 saturated heterocycles. The topological polar surface area (TPSA) is 39.7 Å². The molecular weight excluding hydrogens is 230 g/mol. The van der Waals surface area contributed by atoms with Gasteiger partial charge in [0, 0.05) is 33.0 Å². The van der Waals surface area contributed by atoms with E-state index >= 15 is 0 Å². The lowest BCUT2D eigenvalue weighted by Crippen LogP contribution is -2.26. The Morgan fingerprint density at radius 2 is 1.61 bits per heavy atom. The maximum atomic E-state index is 5.56. The molecule has 0 aliphatic carbocycles. The third-order valence-corrected chi connectivity index (χ3v) is 2.68. The zero-order chi connectivity index (χ0) is 13.5. The van der Waals surface area contributed by atoms with E-state index in [1.165, 1.54) is 12.8 Å². The van der Waals surface area contributed by atoms with Crippen molar-refractivity contribution in [3.05, 3.63) is 0 Å². The van der Waals surface area contributed by atoms with E-state index in [1.807, 2.05) is 0 Å². The average molecular weight is 261 g/mol. The van der Waals surface area contributed by atoms with Crippen LogP contribution in [0, 0.1) is 0 Å². The summed E-state index contributed by atoms with van der Waals surface area (Å²) in [5.74, 6) is 0. The molecule has 0 aliphatic rings. The molecule has 0 aromatic rings. The van der Waals surface area contributed by atoms with Gasteiger partial charge >= 0.3 is 0 Å². The van der Waals surface area contributed by atoms with Crippen molar-refractivity contribution in [3.63, 3.8) is 0 Å². The summed E-state index contributed by atoms with van der Waals surface area (Å²) in [5.41, 5.74) is 0. The number of methoxy groups -OCH3 is 1. The SMILES string of the molecule is CCCNC(C)CCCOCCCOCCOC. The molecule has 1 atom stereocenters. The van der Waals surface area contributed by atoms with E-state index in [0.29, 0.717) is 19.3 Å². The largest absolute Gasteiger partial charge is 0.382 e. The van der Waals surface area contributed by atoms with E-state index in [0.717, 1.165) is 39.2 Å². The smallest absolute Gasteiger partial charge is 0.0700 e. The van der Waals surface area contributed by atoms with E-state index in [1.54, 1.807) is 7.11 Å². The Morgan fingerprint density at radius 1 is 0.944 bits per heavy atom. The van der Waals surface area contributed by atoms with E-state index in [-0.39, 0.29) is 0 Å². The van der Waals surface area contributed by atoms with Gasteiger partial charge in [0.25, 0.3) is 0 Å². The third-order valence-electron chi connectivity index (χ3n) is 2.68. The summed E-state index contributed by atoms with van der Waals surface area (Å²) in [5, 5.41) is 3.48. The number of rotatable bonds is 14. The quantitative estimate of drug-likeness (QED) is 0.487. The van der Waals surface area contributed by atoms with Crippen LogP contribution in [-0.4, -0.2) is 52.7 Å². The molecule has 0 spiro atoms. The number of nitrogens with one attached hydrogen (secondary N) is 1. The predicted octanol–water partition coefficient (Wildman–Crippen LogP) is 2.22. The summed E-state index contributed by atoms with van der Waals surface area (Å²) in [4.78, 5) is 0. The van der Waals surface area contributed by atoms with Crippen LogP contribution in [-0.2, 0) is 14.2 Å². The van der Waals surface area contributed by atoms with Crippen molar-refractivity contribution in [1.82, 2.24) is 5.32 Å². The van der Waals surface area contributed by atoms with Crippen molar-refractivity contribution in [3.8, 4) is 0 Å². The Labute approximate surface area is 112 Å². The van der Waals surface area contributed by atoms with Crippen LogP contribution in [0.15, 0.2) is 0 Å². The van der Waals surface area contributed by atoms with E-state index in [4.69, 9.17) is 14.2 Å². The van der Waals surface area contributed by atoms with Gasteiger partial charge in [-0.2, -0.15) is 0 Å². The van der Waals surface area contributed by atoms with Crippen molar-refractivity contribution in [2.75, 3.05) is 46.7 Å². The summed E-state index contributed by atoms with van der Waals surface area (Å²) in [6.07, 6.45) is 4.48. The highest BCUT2D eigenvalue weighted by molar-refractivity contribution is 4.59. The van der Waals surface area contributed by atoms with Gasteiger partial charge in [-0.1, -0.05) is 6.92 Å². The first kappa shape index (κ1) is 17.8. The Kier molecular flexibility index (Phi) is 14.8. The molecule has 0 fully saturated rings. The molecule has 1 N–H and O–H groups in total. The van der Waals surface area contributed by atoms with Crippen LogP contribution in [0.3, 0.4) is 0 Å². The van der Waals surface area contributed by atoms with Crippen LogP contribution in [0.1, 0.15) is 39.5 Å². The molecule has 0 aliphatic heterocycles. The highest BCUT2D eigenvalue weighted by atomic mass is 16.5. The molecule has 0 radical (unpaired) electrons. The van der Waals surface area contributed by atoms with Crippen molar-refractivity contribution in [2.45, 2.75) is 45.6 Å². The molecule has 0 amide bonds. The summed E-state index contributed by atoms with van der Waals surface area (Å²) < 4.78 is 15.8. The fourth-order valence-electron chi connectivity index (χ4n) is 1.59. The maximum Gasteiger partial charge on any atom is 0.0700 e. The molecular formula is C14H31NO3. The van der Waals surface area contributed by atoms with Crippen molar-refractivity contribution in [1.29, 1.82) is 0 Å². The van der Waals surface area contributed by atoms with Crippen LogP contribution >= 0.6 is 0 Å². The average Bonchev–Trinajstić information content (AvgIpc) is 2.38. The Hall–Kier alpha value is -0.160. The first-order valence-corrected chi connectivity index (χ1v) is 7.19. The normalized spacial score (nSPS) is 12.8. The van der Waals surface area contributed by atoms with Gasteiger partial charge in [0.15, 0.2) is 0 Å². The lowest BCUT2D eigenvalue weighted by atomic mass is 10.2. The molecule has 0 heterocycles. The Bertz CT molecular complexity index is 156. The second kappa shape index (κ2) is 14.9. The van der Waals surface area contributed by atoms with Crippen molar-refractivity contribution < 1.29 is 14.2 Å².